The number of hydrogen-bond acceptors (Lipinski definition) is 2. The molecule has 98 valence electrons. The minimum absolute atomic E-state index is 0.552. The van der Waals surface area contributed by atoms with Crippen LogP contribution in [-0.4, -0.2) is 47.2 Å². The number of piperazine rings is 1. The zero-order valence-electron chi connectivity index (χ0n) is 9.77. The van der Waals surface area contributed by atoms with Crippen LogP contribution in [0, 0.1) is 0 Å². The number of halogens is 2. The fourth-order valence-corrected chi connectivity index (χ4v) is 2.31. The second-order valence-electron chi connectivity index (χ2n) is 4.29. The van der Waals surface area contributed by atoms with Crippen molar-refractivity contribution in [2.75, 3.05) is 26.2 Å². The largest absolute Gasteiger partial charge is 0.465 e. The molecule has 1 aromatic carbocycles. The topological polar surface area (TPSA) is 43.8 Å². The van der Waals surface area contributed by atoms with Gasteiger partial charge in [0, 0.05) is 32.7 Å². The fourth-order valence-electron chi connectivity index (χ4n) is 1.99. The zero-order valence-corrected chi connectivity index (χ0v) is 11.3. The van der Waals surface area contributed by atoms with Gasteiger partial charge in [-0.3, -0.25) is 4.90 Å². The lowest BCUT2D eigenvalue weighted by molar-refractivity contribution is 0.103. The molecular weight excluding hydrogens is 275 g/mol. The molecule has 18 heavy (non-hydrogen) atoms. The molecule has 0 spiro atoms. The fraction of sp³-hybridized carbons (Fsp3) is 0.417. The Bertz CT molecular complexity index is 446. The summed E-state index contributed by atoms with van der Waals surface area (Å²) in [6, 6.07) is 5.58. The summed E-state index contributed by atoms with van der Waals surface area (Å²) >= 11 is 11.8. The van der Waals surface area contributed by atoms with E-state index in [4.69, 9.17) is 28.3 Å². The second-order valence-corrected chi connectivity index (χ2v) is 5.11. The Hall–Kier alpha value is -0.970. The van der Waals surface area contributed by atoms with Gasteiger partial charge in [-0.1, -0.05) is 29.3 Å². The molecule has 1 saturated heterocycles. The first-order chi connectivity index (χ1) is 8.56. The minimum Gasteiger partial charge on any atom is -0.465 e. The molecule has 1 fully saturated rings. The molecule has 0 bridgehead atoms. The van der Waals surface area contributed by atoms with E-state index in [0.29, 0.717) is 23.1 Å². The molecule has 1 aliphatic rings. The Kier molecular flexibility index (Phi) is 4.32. The van der Waals surface area contributed by atoms with E-state index in [-0.39, 0.29) is 0 Å². The van der Waals surface area contributed by atoms with E-state index in [1.54, 1.807) is 6.07 Å². The van der Waals surface area contributed by atoms with Crippen molar-refractivity contribution in [3.8, 4) is 0 Å². The summed E-state index contributed by atoms with van der Waals surface area (Å²) in [5, 5.41) is 9.96. The Labute approximate surface area is 116 Å². The van der Waals surface area contributed by atoms with Gasteiger partial charge in [-0.25, -0.2) is 4.79 Å². The van der Waals surface area contributed by atoms with Crippen molar-refractivity contribution in [3.63, 3.8) is 0 Å². The van der Waals surface area contributed by atoms with Crippen LogP contribution in [0.2, 0.25) is 10.0 Å². The van der Waals surface area contributed by atoms with Crippen LogP contribution in [0.4, 0.5) is 4.79 Å². The van der Waals surface area contributed by atoms with Gasteiger partial charge in [0.1, 0.15) is 0 Å². The van der Waals surface area contributed by atoms with E-state index in [1.165, 1.54) is 4.90 Å². The van der Waals surface area contributed by atoms with E-state index in [9.17, 15) is 4.79 Å². The minimum atomic E-state index is -0.843. The van der Waals surface area contributed by atoms with Crippen molar-refractivity contribution in [1.29, 1.82) is 0 Å². The Morgan fingerprint density at radius 2 is 1.83 bits per heavy atom. The lowest BCUT2D eigenvalue weighted by Crippen LogP contribution is -2.47. The Morgan fingerprint density at radius 3 is 2.39 bits per heavy atom. The van der Waals surface area contributed by atoms with E-state index in [0.717, 1.165) is 25.2 Å². The summed E-state index contributed by atoms with van der Waals surface area (Å²) in [6.07, 6.45) is -0.843. The van der Waals surface area contributed by atoms with Gasteiger partial charge in [-0.15, -0.1) is 0 Å². The molecule has 1 heterocycles. The molecule has 1 aromatic rings. The number of carbonyl (C=O) groups is 1. The van der Waals surface area contributed by atoms with Gasteiger partial charge in [0.05, 0.1) is 10.0 Å². The zero-order chi connectivity index (χ0) is 13.1. The van der Waals surface area contributed by atoms with E-state index < -0.39 is 6.09 Å². The lowest BCUT2D eigenvalue weighted by Gasteiger charge is -2.33. The standard InChI is InChI=1S/C12H14Cl2N2O2/c13-10-2-1-9(7-11(10)14)8-15-3-5-16(6-4-15)12(17)18/h1-2,7H,3-6,8H2,(H,17,18). The van der Waals surface area contributed by atoms with Crippen LogP contribution in [0.25, 0.3) is 0 Å². The number of amides is 1. The molecule has 0 aromatic heterocycles. The van der Waals surface area contributed by atoms with Crippen molar-refractivity contribution in [2.45, 2.75) is 6.54 Å². The molecular formula is C12H14Cl2N2O2. The molecule has 0 radical (unpaired) electrons. The average Bonchev–Trinajstić information content (AvgIpc) is 2.34. The molecule has 0 saturated carbocycles. The molecule has 1 N–H and O–H groups in total. The third kappa shape index (κ3) is 3.28. The van der Waals surface area contributed by atoms with Crippen LogP contribution in [0.3, 0.4) is 0 Å². The predicted octanol–water partition coefficient (Wildman–Crippen LogP) is 2.79. The summed E-state index contributed by atoms with van der Waals surface area (Å²) in [7, 11) is 0. The highest BCUT2D eigenvalue weighted by Crippen LogP contribution is 2.23. The molecule has 6 heteroatoms. The Morgan fingerprint density at radius 1 is 1.17 bits per heavy atom. The van der Waals surface area contributed by atoms with Crippen molar-refractivity contribution >= 4 is 29.3 Å². The third-order valence-electron chi connectivity index (χ3n) is 3.03. The van der Waals surface area contributed by atoms with Gasteiger partial charge in [-0.2, -0.15) is 0 Å². The number of rotatable bonds is 2. The number of benzene rings is 1. The highest BCUT2D eigenvalue weighted by molar-refractivity contribution is 6.42. The third-order valence-corrected chi connectivity index (χ3v) is 3.77. The summed E-state index contributed by atoms with van der Waals surface area (Å²) in [6.45, 7) is 3.36. The molecule has 0 aliphatic carbocycles. The first kappa shape index (κ1) is 13.5. The van der Waals surface area contributed by atoms with Gasteiger partial charge in [0.2, 0.25) is 0 Å². The van der Waals surface area contributed by atoms with Crippen LogP contribution in [0.1, 0.15) is 5.56 Å². The average molecular weight is 289 g/mol. The van der Waals surface area contributed by atoms with Gasteiger partial charge in [0.25, 0.3) is 0 Å². The number of carboxylic acid groups (broad SMARTS) is 1. The van der Waals surface area contributed by atoms with E-state index in [2.05, 4.69) is 4.90 Å². The smallest absolute Gasteiger partial charge is 0.407 e. The molecule has 0 unspecified atom stereocenters. The highest BCUT2D eigenvalue weighted by atomic mass is 35.5. The summed E-state index contributed by atoms with van der Waals surface area (Å²) in [5.41, 5.74) is 1.09. The first-order valence-corrected chi connectivity index (χ1v) is 6.46. The van der Waals surface area contributed by atoms with E-state index >= 15 is 0 Å². The van der Waals surface area contributed by atoms with Crippen LogP contribution in [0.5, 0.6) is 0 Å². The van der Waals surface area contributed by atoms with Crippen molar-refractivity contribution in [3.05, 3.63) is 33.8 Å². The van der Waals surface area contributed by atoms with Gasteiger partial charge in [0.15, 0.2) is 0 Å². The van der Waals surface area contributed by atoms with Gasteiger partial charge in [-0.05, 0) is 17.7 Å². The van der Waals surface area contributed by atoms with Crippen LogP contribution < -0.4 is 0 Å². The molecule has 2 rings (SSSR count). The number of hydrogen-bond donors (Lipinski definition) is 1. The van der Waals surface area contributed by atoms with E-state index in [1.807, 2.05) is 12.1 Å². The lowest BCUT2D eigenvalue weighted by atomic mass is 10.2. The van der Waals surface area contributed by atoms with Crippen molar-refractivity contribution in [2.24, 2.45) is 0 Å². The quantitative estimate of drug-likeness (QED) is 0.910. The van der Waals surface area contributed by atoms with Crippen molar-refractivity contribution in [1.82, 2.24) is 9.80 Å². The van der Waals surface area contributed by atoms with Crippen molar-refractivity contribution < 1.29 is 9.90 Å². The maximum absolute atomic E-state index is 10.8. The molecule has 0 atom stereocenters. The highest BCUT2D eigenvalue weighted by Gasteiger charge is 2.20. The Balaban J connectivity index is 1.91. The second kappa shape index (κ2) is 5.78. The molecule has 4 nitrogen and oxygen atoms in total. The van der Waals surface area contributed by atoms with Crippen LogP contribution >= 0.6 is 23.2 Å². The monoisotopic (exact) mass is 288 g/mol. The summed E-state index contributed by atoms with van der Waals surface area (Å²) in [5.74, 6) is 0. The van der Waals surface area contributed by atoms with Crippen LogP contribution in [0.15, 0.2) is 18.2 Å². The van der Waals surface area contributed by atoms with Gasteiger partial charge < -0.3 is 10.0 Å². The van der Waals surface area contributed by atoms with Gasteiger partial charge >= 0.3 is 6.09 Å². The maximum atomic E-state index is 10.8. The summed E-state index contributed by atoms with van der Waals surface area (Å²) in [4.78, 5) is 14.4. The SMILES string of the molecule is O=C(O)N1CCN(Cc2ccc(Cl)c(Cl)c2)CC1. The number of nitrogens with zero attached hydrogens (tertiary/aromatic N) is 2. The maximum Gasteiger partial charge on any atom is 0.407 e. The predicted molar refractivity (Wildman–Crippen MR) is 71.3 cm³/mol. The van der Waals surface area contributed by atoms with Crippen LogP contribution in [-0.2, 0) is 6.54 Å². The normalized spacial score (nSPS) is 16.9. The summed E-state index contributed by atoms with van der Waals surface area (Å²) < 4.78 is 0. The molecule has 1 aliphatic heterocycles. The first-order valence-electron chi connectivity index (χ1n) is 5.70. The molecule has 1 amide bonds.